The third kappa shape index (κ3) is 3.18. The molecule has 25 heavy (non-hydrogen) atoms. The molecule has 1 aliphatic heterocycles. The van der Waals surface area contributed by atoms with Crippen LogP contribution in [0.3, 0.4) is 0 Å². The van der Waals surface area contributed by atoms with Crippen LogP contribution in [0.4, 0.5) is 4.39 Å². The minimum atomic E-state index is -0.293. The fraction of sp³-hybridized carbons (Fsp3) is 0.111. The number of aromatic nitrogens is 2. The van der Waals surface area contributed by atoms with Crippen LogP contribution in [-0.4, -0.2) is 20.7 Å². The lowest BCUT2D eigenvalue weighted by Crippen LogP contribution is -2.09. The number of imidazole rings is 1. The van der Waals surface area contributed by atoms with Gasteiger partial charge in [0.05, 0.1) is 29.8 Å². The van der Waals surface area contributed by atoms with E-state index in [0.717, 1.165) is 22.8 Å². The van der Waals surface area contributed by atoms with Gasteiger partial charge in [-0.25, -0.2) is 9.37 Å². The highest BCUT2D eigenvalue weighted by Gasteiger charge is 2.22. The molecule has 1 aliphatic rings. The zero-order valence-corrected chi connectivity index (χ0v) is 14.9. The molecule has 0 fully saturated rings. The molecule has 130 valence electrons. The summed E-state index contributed by atoms with van der Waals surface area (Å²) in [5.41, 5.74) is 3.79. The Labute approximate surface area is 155 Å². The summed E-state index contributed by atoms with van der Waals surface area (Å²) >= 11 is 6.19. The molecule has 2 heterocycles. The average Bonchev–Trinajstić information content (AvgIpc) is 2.82. The summed E-state index contributed by atoms with van der Waals surface area (Å²) in [4.78, 5) is 9.01. The van der Waals surface area contributed by atoms with Gasteiger partial charge in [0.1, 0.15) is 11.6 Å². The second-order valence-electron chi connectivity index (χ2n) is 5.44. The van der Waals surface area contributed by atoms with Gasteiger partial charge in [-0.3, -0.25) is 9.56 Å². The molecule has 3 aromatic rings. The van der Waals surface area contributed by atoms with E-state index in [2.05, 4.69) is 9.98 Å². The van der Waals surface area contributed by atoms with Gasteiger partial charge in [0.2, 0.25) is 0 Å². The van der Waals surface area contributed by atoms with E-state index in [1.54, 1.807) is 12.1 Å². The van der Waals surface area contributed by atoms with Gasteiger partial charge < -0.3 is 5.48 Å². The number of aliphatic imine (C=N–C) groups is 1. The summed E-state index contributed by atoms with van der Waals surface area (Å²) in [5.74, 6) is 0.576. The molecular weight excluding hydrogens is 364 g/mol. The Morgan fingerprint density at radius 2 is 1.88 bits per heavy atom. The van der Waals surface area contributed by atoms with Crippen LogP contribution in [0.15, 0.2) is 53.7 Å². The van der Waals surface area contributed by atoms with E-state index in [4.69, 9.17) is 11.6 Å². The molecule has 2 N–H and O–H groups in total. The normalized spacial score (nSPS) is 12.0. The SMILES string of the molecule is Cc1ncc2n1-c1ccc(Cl)cc1C(c1ccccc1F)=NC2.Cl.O. The maximum absolute atomic E-state index is 14.3. The van der Waals surface area contributed by atoms with Crippen molar-refractivity contribution < 1.29 is 9.87 Å². The van der Waals surface area contributed by atoms with Crippen molar-refractivity contribution in [2.24, 2.45) is 4.99 Å². The Hall–Kier alpha value is -2.21. The fourth-order valence-corrected chi connectivity index (χ4v) is 3.13. The van der Waals surface area contributed by atoms with Crippen molar-refractivity contribution in [2.45, 2.75) is 13.5 Å². The molecule has 0 saturated carbocycles. The molecular formula is C18H16Cl2FN3O. The van der Waals surface area contributed by atoms with Gasteiger partial charge in [0.25, 0.3) is 0 Å². The Kier molecular flexibility index (Phi) is 5.62. The first-order valence-corrected chi connectivity index (χ1v) is 7.66. The smallest absolute Gasteiger partial charge is 0.132 e. The molecule has 0 spiro atoms. The van der Waals surface area contributed by atoms with Crippen LogP contribution in [0, 0.1) is 12.7 Å². The minimum Gasteiger partial charge on any atom is -0.412 e. The molecule has 0 saturated heterocycles. The first kappa shape index (κ1) is 19.1. The van der Waals surface area contributed by atoms with Crippen LogP contribution in [-0.2, 0) is 6.54 Å². The third-order valence-corrected chi connectivity index (χ3v) is 4.23. The maximum atomic E-state index is 14.3. The lowest BCUT2D eigenvalue weighted by Gasteiger charge is -2.14. The molecule has 0 bridgehead atoms. The summed E-state index contributed by atoms with van der Waals surface area (Å²) in [5, 5.41) is 0.592. The van der Waals surface area contributed by atoms with E-state index in [9.17, 15) is 4.39 Å². The van der Waals surface area contributed by atoms with Gasteiger partial charge >= 0.3 is 0 Å². The summed E-state index contributed by atoms with van der Waals surface area (Å²) < 4.78 is 16.3. The fourth-order valence-electron chi connectivity index (χ4n) is 2.95. The number of halogens is 3. The van der Waals surface area contributed by atoms with Crippen molar-refractivity contribution in [3.8, 4) is 5.69 Å². The molecule has 0 unspecified atom stereocenters. The number of hydrogen-bond acceptors (Lipinski definition) is 2. The maximum Gasteiger partial charge on any atom is 0.132 e. The second-order valence-corrected chi connectivity index (χ2v) is 5.87. The highest BCUT2D eigenvalue weighted by atomic mass is 35.5. The van der Waals surface area contributed by atoms with Gasteiger partial charge in [0, 0.05) is 16.1 Å². The monoisotopic (exact) mass is 379 g/mol. The molecule has 0 radical (unpaired) electrons. The topological polar surface area (TPSA) is 61.7 Å². The van der Waals surface area contributed by atoms with Crippen molar-refractivity contribution in [2.75, 3.05) is 0 Å². The molecule has 0 aliphatic carbocycles. The number of benzene rings is 2. The number of hydrogen-bond donors (Lipinski definition) is 0. The van der Waals surface area contributed by atoms with Crippen molar-refractivity contribution in [3.63, 3.8) is 0 Å². The highest BCUT2D eigenvalue weighted by molar-refractivity contribution is 6.31. The molecule has 4 nitrogen and oxygen atoms in total. The molecule has 0 atom stereocenters. The quantitative estimate of drug-likeness (QED) is 0.631. The summed E-state index contributed by atoms with van der Waals surface area (Å²) in [7, 11) is 0. The molecule has 7 heteroatoms. The minimum absolute atomic E-state index is 0. The van der Waals surface area contributed by atoms with Gasteiger partial charge in [-0.05, 0) is 37.3 Å². The van der Waals surface area contributed by atoms with Crippen LogP contribution in [0.25, 0.3) is 5.69 Å². The van der Waals surface area contributed by atoms with E-state index in [1.807, 2.05) is 42.0 Å². The molecule has 2 aromatic carbocycles. The summed E-state index contributed by atoms with van der Waals surface area (Å²) in [6, 6.07) is 12.3. The second kappa shape index (κ2) is 7.35. The Bertz CT molecular complexity index is 953. The van der Waals surface area contributed by atoms with Crippen LogP contribution >= 0.6 is 24.0 Å². The van der Waals surface area contributed by atoms with Crippen molar-refractivity contribution in [3.05, 3.63) is 82.1 Å². The van der Waals surface area contributed by atoms with E-state index in [-0.39, 0.29) is 23.7 Å². The third-order valence-electron chi connectivity index (χ3n) is 3.99. The molecule has 4 rings (SSSR count). The largest absolute Gasteiger partial charge is 0.412 e. The number of nitrogens with zero attached hydrogens (tertiary/aromatic N) is 3. The summed E-state index contributed by atoms with van der Waals surface area (Å²) in [6.07, 6.45) is 1.81. The van der Waals surface area contributed by atoms with E-state index in [1.165, 1.54) is 6.07 Å². The predicted octanol–water partition coefficient (Wildman–Crippen LogP) is 3.92. The first-order valence-electron chi connectivity index (χ1n) is 7.28. The van der Waals surface area contributed by atoms with Gasteiger partial charge in [0.15, 0.2) is 0 Å². The Morgan fingerprint density at radius 1 is 1.12 bits per heavy atom. The van der Waals surface area contributed by atoms with E-state index in [0.29, 0.717) is 22.8 Å². The zero-order chi connectivity index (χ0) is 16.0. The van der Waals surface area contributed by atoms with Crippen LogP contribution < -0.4 is 0 Å². The predicted molar refractivity (Wildman–Crippen MR) is 99.9 cm³/mol. The van der Waals surface area contributed by atoms with Crippen LogP contribution in [0.2, 0.25) is 5.02 Å². The zero-order valence-electron chi connectivity index (χ0n) is 13.3. The Balaban J connectivity index is 0.00000113. The highest BCUT2D eigenvalue weighted by Crippen LogP contribution is 2.29. The van der Waals surface area contributed by atoms with Gasteiger partial charge in [-0.1, -0.05) is 23.7 Å². The Morgan fingerprint density at radius 3 is 2.64 bits per heavy atom. The standard InChI is InChI=1S/C18H13ClFN3.ClH.H2O/c1-11-21-9-13-10-22-18(14-4-2-3-5-16(14)20)15-8-12(19)6-7-17(15)23(11)13;;/h2-9H,10H2,1H3;1H;1H2. The van der Waals surface area contributed by atoms with Crippen molar-refractivity contribution in [1.82, 2.24) is 9.55 Å². The number of aryl methyl sites for hydroxylation is 1. The van der Waals surface area contributed by atoms with Crippen LogP contribution in [0.5, 0.6) is 0 Å². The van der Waals surface area contributed by atoms with Gasteiger partial charge in [-0.15, -0.1) is 12.4 Å². The lowest BCUT2D eigenvalue weighted by molar-refractivity contribution is 0.625. The molecule has 1 aromatic heterocycles. The lowest BCUT2D eigenvalue weighted by atomic mass is 10.00. The molecule has 0 amide bonds. The van der Waals surface area contributed by atoms with Gasteiger partial charge in [-0.2, -0.15) is 0 Å². The average molecular weight is 380 g/mol. The number of fused-ring (bicyclic) bond motifs is 3. The van der Waals surface area contributed by atoms with Crippen LogP contribution in [0.1, 0.15) is 22.6 Å². The van der Waals surface area contributed by atoms with Crippen molar-refractivity contribution >= 4 is 29.7 Å². The van der Waals surface area contributed by atoms with Crippen molar-refractivity contribution in [1.29, 1.82) is 0 Å². The number of rotatable bonds is 1. The summed E-state index contributed by atoms with van der Waals surface area (Å²) in [6.45, 7) is 2.38. The van der Waals surface area contributed by atoms with E-state index < -0.39 is 0 Å². The first-order chi connectivity index (χ1) is 11.1. The van der Waals surface area contributed by atoms with E-state index >= 15 is 0 Å².